The topological polar surface area (TPSA) is 97.5 Å². The van der Waals surface area contributed by atoms with Crippen molar-refractivity contribution >= 4 is 27.4 Å². The van der Waals surface area contributed by atoms with E-state index in [0.29, 0.717) is 10.6 Å². The predicted octanol–water partition coefficient (Wildman–Crippen LogP) is 2.45. The van der Waals surface area contributed by atoms with Crippen molar-refractivity contribution in [1.82, 2.24) is 0 Å². The molecule has 1 fully saturated rings. The molecule has 0 bridgehead atoms. The summed E-state index contributed by atoms with van der Waals surface area (Å²) in [6.45, 7) is -0.374. The molecule has 0 radical (unpaired) electrons. The van der Waals surface area contributed by atoms with E-state index in [1.807, 2.05) is 0 Å². The summed E-state index contributed by atoms with van der Waals surface area (Å²) in [6.07, 6.45) is 0. The lowest BCUT2D eigenvalue weighted by Crippen LogP contribution is -2.31. The standard InChI is InChI=1S/C17H15ClFNO4S/c18-11-4-6-13(7-5-11)25(23,24)15-14(17(15,9-20)16(21)22)10-2-1-3-12(19)8-10/h1-8,14-15H,9,20H2,(H,21,22)/t14-,15+,17-/m1/s1. The van der Waals surface area contributed by atoms with E-state index in [1.54, 1.807) is 0 Å². The summed E-state index contributed by atoms with van der Waals surface area (Å²) < 4.78 is 39.6. The van der Waals surface area contributed by atoms with Crippen molar-refractivity contribution in [1.29, 1.82) is 0 Å². The number of benzene rings is 2. The average Bonchev–Trinajstić information content (AvgIpc) is 3.27. The number of aliphatic carboxylic acids is 1. The Bertz CT molecular complexity index is 932. The number of rotatable bonds is 5. The van der Waals surface area contributed by atoms with E-state index >= 15 is 0 Å². The molecule has 1 aliphatic carbocycles. The zero-order chi connectivity index (χ0) is 18.4. The molecule has 0 aromatic heterocycles. The summed E-state index contributed by atoms with van der Waals surface area (Å²) in [7, 11) is -4.00. The van der Waals surface area contributed by atoms with E-state index in [-0.39, 0.29) is 11.4 Å². The highest BCUT2D eigenvalue weighted by atomic mass is 35.5. The monoisotopic (exact) mass is 383 g/mol. The zero-order valence-electron chi connectivity index (χ0n) is 12.9. The summed E-state index contributed by atoms with van der Waals surface area (Å²) in [4.78, 5) is 11.8. The van der Waals surface area contributed by atoms with Crippen molar-refractivity contribution in [2.45, 2.75) is 16.1 Å². The second kappa shape index (κ2) is 6.09. The van der Waals surface area contributed by atoms with Gasteiger partial charge in [0.2, 0.25) is 0 Å². The Hall–Kier alpha value is -1.96. The fourth-order valence-electron chi connectivity index (χ4n) is 3.39. The van der Waals surface area contributed by atoms with E-state index in [9.17, 15) is 22.7 Å². The van der Waals surface area contributed by atoms with Crippen LogP contribution in [0.3, 0.4) is 0 Å². The lowest BCUT2D eigenvalue weighted by atomic mass is 9.99. The van der Waals surface area contributed by atoms with Gasteiger partial charge in [0.15, 0.2) is 9.84 Å². The van der Waals surface area contributed by atoms with Gasteiger partial charge in [0.1, 0.15) is 11.2 Å². The zero-order valence-corrected chi connectivity index (χ0v) is 14.5. The molecule has 0 amide bonds. The van der Waals surface area contributed by atoms with Gasteiger partial charge < -0.3 is 10.8 Å². The Kier molecular flexibility index (Phi) is 4.35. The maximum absolute atomic E-state index is 13.6. The number of hydrogen-bond donors (Lipinski definition) is 2. The Morgan fingerprint density at radius 3 is 2.40 bits per heavy atom. The molecule has 1 saturated carbocycles. The molecule has 5 nitrogen and oxygen atoms in total. The van der Waals surface area contributed by atoms with Gasteiger partial charge in [-0.25, -0.2) is 12.8 Å². The van der Waals surface area contributed by atoms with Crippen LogP contribution in [0.15, 0.2) is 53.4 Å². The van der Waals surface area contributed by atoms with Crippen molar-refractivity contribution in [2.24, 2.45) is 11.1 Å². The number of halogens is 2. The molecule has 2 aromatic carbocycles. The number of nitrogens with two attached hydrogens (primary N) is 1. The quantitative estimate of drug-likeness (QED) is 0.826. The highest BCUT2D eigenvalue weighted by molar-refractivity contribution is 7.92. The molecular formula is C17H15ClFNO4S. The van der Waals surface area contributed by atoms with Crippen molar-refractivity contribution < 1.29 is 22.7 Å². The third-order valence-electron chi connectivity index (χ3n) is 4.68. The summed E-state index contributed by atoms with van der Waals surface area (Å²) in [5.41, 5.74) is 4.28. The van der Waals surface area contributed by atoms with Crippen LogP contribution in [0.2, 0.25) is 5.02 Å². The van der Waals surface area contributed by atoms with Crippen molar-refractivity contribution in [3.63, 3.8) is 0 Å². The first kappa shape index (κ1) is 17.8. The van der Waals surface area contributed by atoms with Gasteiger partial charge in [0.25, 0.3) is 0 Å². The largest absolute Gasteiger partial charge is 0.481 e. The van der Waals surface area contributed by atoms with Gasteiger partial charge in [-0.05, 0) is 42.0 Å². The Labute approximate surface area is 149 Å². The second-order valence-electron chi connectivity index (χ2n) is 6.00. The van der Waals surface area contributed by atoms with Crippen LogP contribution in [0, 0.1) is 11.2 Å². The fourth-order valence-corrected chi connectivity index (χ4v) is 5.90. The van der Waals surface area contributed by atoms with Crippen LogP contribution in [0.5, 0.6) is 0 Å². The van der Waals surface area contributed by atoms with Crippen molar-refractivity contribution in [3.05, 3.63) is 64.9 Å². The van der Waals surface area contributed by atoms with Gasteiger partial charge in [0.05, 0.1) is 10.1 Å². The van der Waals surface area contributed by atoms with Crippen LogP contribution < -0.4 is 5.73 Å². The van der Waals surface area contributed by atoms with E-state index in [4.69, 9.17) is 17.3 Å². The van der Waals surface area contributed by atoms with Crippen LogP contribution in [0.4, 0.5) is 4.39 Å². The van der Waals surface area contributed by atoms with Crippen LogP contribution in [0.25, 0.3) is 0 Å². The lowest BCUT2D eigenvalue weighted by Gasteiger charge is -2.10. The Morgan fingerprint density at radius 1 is 1.24 bits per heavy atom. The molecule has 8 heteroatoms. The van der Waals surface area contributed by atoms with E-state index < -0.39 is 38.2 Å². The molecule has 0 spiro atoms. The molecule has 3 atom stereocenters. The van der Waals surface area contributed by atoms with Gasteiger partial charge in [-0.1, -0.05) is 23.7 Å². The number of carboxylic acid groups (broad SMARTS) is 1. The highest BCUT2D eigenvalue weighted by Crippen LogP contribution is 2.63. The first-order chi connectivity index (χ1) is 11.7. The van der Waals surface area contributed by atoms with Gasteiger partial charge >= 0.3 is 5.97 Å². The summed E-state index contributed by atoms with van der Waals surface area (Å²) in [5.74, 6) is -2.80. The number of carboxylic acids is 1. The third kappa shape index (κ3) is 2.72. The fraction of sp³-hybridized carbons (Fsp3) is 0.235. The molecule has 25 heavy (non-hydrogen) atoms. The number of carbonyl (C=O) groups is 1. The van der Waals surface area contributed by atoms with Crippen LogP contribution in [-0.2, 0) is 14.6 Å². The van der Waals surface area contributed by atoms with Gasteiger partial charge in [-0.3, -0.25) is 4.79 Å². The third-order valence-corrected chi connectivity index (χ3v) is 7.22. The lowest BCUT2D eigenvalue weighted by molar-refractivity contribution is -0.143. The maximum atomic E-state index is 13.6. The van der Waals surface area contributed by atoms with E-state index in [0.717, 1.165) is 6.07 Å². The SMILES string of the molecule is NC[C@@]1(C(=O)O)[C@H](c2cccc(F)c2)[C@@H]1S(=O)(=O)c1ccc(Cl)cc1. The molecule has 3 N–H and O–H groups in total. The molecule has 132 valence electrons. The predicted molar refractivity (Wildman–Crippen MR) is 90.7 cm³/mol. The Morgan fingerprint density at radius 2 is 1.88 bits per heavy atom. The molecule has 0 aliphatic heterocycles. The van der Waals surface area contributed by atoms with Gasteiger partial charge in [-0.2, -0.15) is 0 Å². The first-order valence-corrected chi connectivity index (χ1v) is 9.36. The molecule has 1 aliphatic rings. The second-order valence-corrected chi connectivity index (χ2v) is 8.51. The molecule has 2 aromatic rings. The average molecular weight is 384 g/mol. The van der Waals surface area contributed by atoms with E-state index in [2.05, 4.69) is 0 Å². The van der Waals surface area contributed by atoms with E-state index in [1.165, 1.54) is 42.5 Å². The van der Waals surface area contributed by atoms with Crippen LogP contribution >= 0.6 is 11.6 Å². The summed E-state index contributed by atoms with van der Waals surface area (Å²) in [6, 6.07) is 10.8. The summed E-state index contributed by atoms with van der Waals surface area (Å²) >= 11 is 5.78. The minimum Gasteiger partial charge on any atom is -0.481 e. The minimum absolute atomic E-state index is 0.0418. The number of sulfone groups is 1. The highest BCUT2D eigenvalue weighted by Gasteiger charge is 2.75. The minimum atomic E-state index is -4.00. The van der Waals surface area contributed by atoms with Crippen molar-refractivity contribution in [3.8, 4) is 0 Å². The number of hydrogen-bond acceptors (Lipinski definition) is 4. The molecule has 0 unspecified atom stereocenters. The van der Waals surface area contributed by atoms with Crippen LogP contribution in [-0.4, -0.2) is 31.3 Å². The first-order valence-electron chi connectivity index (χ1n) is 7.43. The van der Waals surface area contributed by atoms with Gasteiger partial charge in [0, 0.05) is 17.5 Å². The maximum Gasteiger partial charge on any atom is 0.312 e. The normalized spacial score (nSPS) is 25.6. The molecule has 3 rings (SSSR count). The van der Waals surface area contributed by atoms with Crippen molar-refractivity contribution in [2.75, 3.05) is 6.54 Å². The van der Waals surface area contributed by atoms with Gasteiger partial charge in [-0.15, -0.1) is 0 Å². The summed E-state index contributed by atoms with van der Waals surface area (Å²) in [5, 5.41) is 8.76. The molecular weight excluding hydrogens is 369 g/mol. The smallest absolute Gasteiger partial charge is 0.312 e. The molecule has 0 heterocycles. The Balaban J connectivity index is 2.12. The molecule has 0 saturated heterocycles. The van der Waals surface area contributed by atoms with Crippen LogP contribution in [0.1, 0.15) is 11.5 Å².